The van der Waals surface area contributed by atoms with Gasteiger partial charge in [-0.25, -0.2) is 0 Å². The molecule has 0 bridgehead atoms. The molecule has 0 aromatic carbocycles. The van der Waals surface area contributed by atoms with E-state index in [2.05, 4.69) is 22.9 Å². The van der Waals surface area contributed by atoms with E-state index in [9.17, 15) is 4.79 Å². The van der Waals surface area contributed by atoms with Crippen LogP contribution in [0.25, 0.3) is 10.2 Å². The van der Waals surface area contributed by atoms with Crippen LogP contribution in [0.4, 0.5) is 0 Å². The second-order valence-corrected chi connectivity index (χ2v) is 5.39. The second-order valence-electron chi connectivity index (χ2n) is 4.44. The zero-order valence-corrected chi connectivity index (χ0v) is 10.8. The Hall–Kier alpha value is -1.29. The van der Waals surface area contributed by atoms with E-state index in [0.29, 0.717) is 0 Å². The molecule has 0 unspecified atom stereocenters. The Bertz CT molecular complexity index is 549. The minimum absolute atomic E-state index is 0.202. The molecule has 0 spiro atoms. The summed E-state index contributed by atoms with van der Waals surface area (Å²) in [5, 5.41) is 2.08. The van der Waals surface area contributed by atoms with Crippen molar-refractivity contribution in [1.82, 2.24) is 9.47 Å². The predicted octanol–water partition coefficient (Wildman–Crippen LogP) is 2.96. The lowest BCUT2D eigenvalue weighted by Crippen LogP contribution is -2.29. The van der Waals surface area contributed by atoms with Gasteiger partial charge in [0.05, 0.1) is 10.2 Å². The van der Waals surface area contributed by atoms with Gasteiger partial charge in [0.25, 0.3) is 5.91 Å². The molecular formula is C13H16N2OS. The van der Waals surface area contributed by atoms with Crippen LogP contribution in [-0.4, -0.2) is 28.5 Å². The SMILES string of the molecule is CCn1c(C(=O)N2CCCC2)cc2sccc21. The number of carbonyl (C=O) groups is 1. The van der Waals surface area contributed by atoms with Gasteiger partial charge in [-0.05, 0) is 37.3 Å². The molecule has 4 heteroatoms. The third-order valence-electron chi connectivity index (χ3n) is 3.45. The summed E-state index contributed by atoms with van der Waals surface area (Å²) in [5.74, 6) is 0.202. The number of aromatic nitrogens is 1. The van der Waals surface area contributed by atoms with Crippen LogP contribution in [0.2, 0.25) is 0 Å². The average molecular weight is 248 g/mol. The summed E-state index contributed by atoms with van der Waals surface area (Å²) in [7, 11) is 0. The van der Waals surface area contributed by atoms with Crippen LogP contribution in [0.15, 0.2) is 17.5 Å². The number of likely N-dealkylation sites (tertiary alicyclic amines) is 1. The molecule has 1 saturated heterocycles. The minimum Gasteiger partial charge on any atom is -0.337 e. The van der Waals surface area contributed by atoms with E-state index in [0.717, 1.165) is 38.2 Å². The highest BCUT2D eigenvalue weighted by atomic mass is 32.1. The molecule has 0 radical (unpaired) electrons. The van der Waals surface area contributed by atoms with Gasteiger partial charge in [-0.15, -0.1) is 11.3 Å². The van der Waals surface area contributed by atoms with Gasteiger partial charge >= 0.3 is 0 Å². The Balaban J connectivity index is 2.03. The molecule has 0 aliphatic carbocycles. The van der Waals surface area contributed by atoms with Crippen LogP contribution in [0, 0.1) is 0 Å². The maximum absolute atomic E-state index is 12.4. The van der Waals surface area contributed by atoms with Crippen molar-refractivity contribution < 1.29 is 4.79 Å². The lowest BCUT2D eigenvalue weighted by molar-refractivity contribution is 0.0783. The average Bonchev–Trinajstić information content (AvgIpc) is 3.03. The third kappa shape index (κ3) is 1.67. The minimum atomic E-state index is 0.202. The van der Waals surface area contributed by atoms with Crippen LogP contribution >= 0.6 is 11.3 Å². The highest BCUT2D eigenvalue weighted by molar-refractivity contribution is 7.17. The summed E-state index contributed by atoms with van der Waals surface area (Å²) < 4.78 is 3.35. The van der Waals surface area contributed by atoms with Gasteiger partial charge in [0.15, 0.2) is 0 Å². The number of carbonyl (C=O) groups excluding carboxylic acids is 1. The van der Waals surface area contributed by atoms with Crippen molar-refractivity contribution in [3.63, 3.8) is 0 Å². The number of thiophene rings is 1. The molecule has 0 N–H and O–H groups in total. The molecule has 1 amide bonds. The zero-order valence-electron chi connectivity index (χ0n) is 9.98. The smallest absolute Gasteiger partial charge is 0.270 e. The van der Waals surface area contributed by atoms with Crippen LogP contribution < -0.4 is 0 Å². The van der Waals surface area contributed by atoms with E-state index in [4.69, 9.17) is 0 Å². The molecule has 1 aliphatic rings. The molecule has 2 aromatic rings. The first kappa shape index (κ1) is 10.8. The van der Waals surface area contributed by atoms with Gasteiger partial charge in [-0.2, -0.15) is 0 Å². The van der Waals surface area contributed by atoms with E-state index >= 15 is 0 Å². The Morgan fingerprint density at radius 2 is 2.18 bits per heavy atom. The Kier molecular flexibility index (Phi) is 2.67. The topological polar surface area (TPSA) is 25.2 Å². The number of hydrogen-bond acceptors (Lipinski definition) is 2. The monoisotopic (exact) mass is 248 g/mol. The van der Waals surface area contributed by atoms with E-state index in [1.165, 1.54) is 10.2 Å². The Morgan fingerprint density at radius 3 is 2.88 bits per heavy atom. The number of aryl methyl sites for hydroxylation is 1. The lowest BCUT2D eigenvalue weighted by Gasteiger charge is -2.16. The van der Waals surface area contributed by atoms with Crippen molar-refractivity contribution >= 4 is 27.5 Å². The highest BCUT2D eigenvalue weighted by Crippen LogP contribution is 2.26. The van der Waals surface area contributed by atoms with E-state index < -0.39 is 0 Å². The fourth-order valence-electron chi connectivity index (χ4n) is 2.58. The van der Waals surface area contributed by atoms with Crippen LogP contribution in [0.1, 0.15) is 30.3 Å². The zero-order chi connectivity index (χ0) is 11.8. The maximum atomic E-state index is 12.4. The van der Waals surface area contributed by atoms with Crippen molar-refractivity contribution in [3.8, 4) is 0 Å². The van der Waals surface area contributed by atoms with Crippen LogP contribution in [0.5, 0.6) is 0 Å². The van der Waals surface area contributed by atoms with Gasteiger partial charge in [-0.3, -0.25) is 4.79 Å². The molecule has 3 nitrogen and oxygen atoms in total. The molecule has 3 rings (SSSR count). The predicted molar refractivity (Wildman–Crippen MR) is 70.6 cm³/mol. The van der Waals surface area contributed by atoms with E-state index in [-0.39, 0.29) is 5.91 Å². The molecular weight excluding hydrogens is 232 g/mol. The second kappa shape index (κ2) is 4.18. The van der Waals surface area contributed by atoms with Crippen molar-refractivity contribution in [2.75, 3.05) is 13.1 Å². The summed E-state index contributed by atoms with van der Waals surface area (Å²) in [5.41, 5.74) is 2.05. The molecule has 0 atom stereocenters. The summed E-state index contributed by atoms with van der Waals surface area (Å²) in [6, 6.07) is 4.15. The van der Waals surface area contributed by atoms with Gasteiger partial charge in [0.1, 0.15) is 5.69 Å². The first-order valence-electron chi connectivity index (χ1n) is 6.17. The normalized spacial score (nSPS) is 15.9. The fraction of sp³-hybridized carbons (Fsp3) is 0.462. The summed E-state index contributed by atoms with van der Waals surface area (Å²) in [6.07, 6.45) is 2.29. The van der Waals surface area contributed by atoms with Crippen molar-refractivity contribution in [2.24, 2.45) is 0 Å². The number of fused-ring (bicyclic) bond motifs is 1. The van der Waals surface area contributed by atoms with E-state index in [1.54, 1.807) is 11.3 Å². The molecule has 1 aliphatic heterocycles. The summed E-state index contributed by atoms with van der Waals surface area (Å²) in [6.45, 7) is 4.79. The molecule has 17 heavy (non-hydrogen) atoms. The van der Waals surface area contributed by atoms with Crippen molar-refractivity contribution in [2.45, 2.75) is 26.3 Å². The highest BCUT2D eigenvalue weighted by Gasteiger charge is 2.23. The van der Waals surface area contributed by atoms with Gasteiger partial charge in [0.2, 0.25) is 0 Å². The first-order chi connectivity index (χ1) is 8.31. The third-order valence-corrected chi connectivity index (χ3v) is 4.30. The molecule has 3 heterocycles. The number of hydrogen-bond donors (Lipinski definition) is 0. The van der Waals surface area contributed by atoms with Crippen LogP contribution in [0.3, 0.4) is 0 Å². The van der Waals surface area contributed by atoms with Gasteiger partial charge in [-0.1, -0.05) is 0 Å². The van der Waals surface area contributed by atoms with Gasteiger partial charge < -0.3 is 9.47 Å². The van der Waals surface area contributed by atoms with Crippen molar-refractivity contribution in [3.05, 3.63) is 23.2 Å². The Labute approximate surface area is 105 Å². The fourth-order valence-corrected chi connectivity index (χ4v) is 3.40. The number of amides is 1. The lowest BCUT2D eigenvalue weighted by atomic mass is 10.3. The number of rotatable bonds is 2. The summed E-state index contributed by atoms with van der Waals surface area (Å²) in [4.78, 5) is 14.4. The van der Waals surface area contributed by atoms with E-state index in [1.807, 2.05) is 11.0 Å². The molecule has 2 aromatic heterocycles. The molecule has 1 fully saturated rings. The molecule has 90 valence electrons. The standard InChI is InChI=1S/C13H16N2OS/c1-2-15-10-5-8-17-12(10)9-11(15)13(16)14-6-3-4-7-14/h5,8-9H,2-4,6-7H2,1H3. The largest absolute Gasteiger partial charge is 0.337 e. The van der Waals surface area contributed by atoms with Crippen molar-refractivity contribution in [1.29, 1.82) is 0 Å². The van der Waals surface area contributed by atoms with Gasteiger partial charge in [0, 0.05) is 19.6 Å². The summed E-state index contributed by atoms with van der Waals surface area (Å²) >= 11 is 1.71. The quantitative estimate of drug-likeness (QED) is 0.802. The Morgan fingerprint density at radius 1 is 1.41 bits per heavy atom. The first-order valence-corrected chi connectivity index (χ1v) is 7.05. The molecule has 0 saturated carbocycles. The number of nitrogens with zero attached hydrogens (tertiary/aromatic N) is 2. The maximum Gasteiger partial charge on any atom is 0.270 e. The van der Waals surface area contributed by atoms with Crippen LogP contribution in [-0.2, 0) is 6.54 Å².